The van der Waals surface area contributed by atoms with E-state index in [1.807, 2.05) is 45.9 Å². The number of rotatable bonds is 58. The molecule has 2 saturated heterocycles. The molecular weight excluding hydrogens is 1620 g/mol. The quantitative estimate of drug-likeness (QED) is 0.00737. The zero-order valence-corrected chi connectivity index (χ0v) is 71.7. The Bertz CT molecular complexity index is 3610. The topological polar surface area (TPSA) is 525 Å². The van der Waals surface area contributed by atoms with Gasteiger partial charge in [-0.2, -0.15) is 0 Å². The number of likely N-dealkylation sites (tertiary alicyclic amines) is 1. The molecule has 0 spiro atoms. The number of esters is 3. The Morgan fingerprint density at radius 3 is 1.61 bits per heavy atom. The zero-order valence-electron chi connectivity index (χ0n) is 70.8. The molecule has 40 nitrogen and oxygen atoms in total. The van der Waals surface area contributed by atoms with Crippen molar-refractivity contribution in [2.24, 2.45) is 0 Å². The van der Waals surface area contributed by atoms with Gasteiger partial charge in [0.05, 0.1) is 94.5 Å². The highest BCUT2D eigenvalue weighted by molar-refractivity contribution is 8.00. The SMILES string of the molecule is CCC(CO)OC(CO)OC.CCC(CO)OC(COC(=O)CCCC(=O)NCCCCOC(=O)Oc1cccc(-c2nc(N3CCOCC3)c3oc4ncccc4c3n2)c1)OC.CCC(CO)OC(COC(=O)CCCC(=O)NCCSC1CC(=O)N(CCCOCCC(=O)NC)C1=O)OC.CCC(CO)OC(COC(=O)CCCC(=O)O)OC. The number of thioether (sulfide) groups is 1. The molecule has 9 N–H and O–H groups in total. The number of aliphatic hydroxyl groups is 5. The highest BCUT2D eigenvalue weighted by Gasteiger charge is 2.38. The van der Waals surface area contributed by atoms with Gasteiger partial charge in [0.1, 0.15) is 31.1 Å². The second kappa shape index (κ2) is 64.3. The number of aliphatic hydroxyl groups excluding tert-OH is 5. The molecule has 41 heteroatoms. The van der Waals surface area contributed by atoms with Gasteiger partial charge in [-0.25, -0.2) is 19.7 Å². The van der Waals surface area contributed by atoms with Crippen molar-refractivity contribution in [2.75, 3.05) is 165 Å². The Balaban J connectivity index is 0.000000478. The van der Waals surface area contributed by atoms with Gasteiger partial charge in [-0.1, -0.05) is 39.8 Å². The third kappa shape index (κ3) is 43.9. The molecule has 2 fully saturated rings. The van der Waals surface area contributed by atoms with Gasteiger partial charge in [0.2, 0.25) is 35.2 Å². The predicted octanol–water partition coefficient (Wildman–Crippen LogP) is 4.42. The number of anilines is 1. The molecular formula is C80H126N8O32S. The van der Waals surface area contributed by atoms with E-state index >= 15 is 0 Å². The number of aliphatic carboxylic acids is 1. The van der Waals surface area contributed by atoms with Gasteiger partial charge in [0, 0.05) is 144 Å². The monoisotopic (exact) mass is 1740 g/mol. The number of morpholine rings is 1. The number of hydrogen-bond acceptors (Lipinski definition) is 36. The minimum absolute atomic E-state index is 0.0416. The number of carboxylic acids is 1. The lowest BCUT2D eigenvalue weighted by atomic mass is 10.2. The summed E-state index contributed by atoms with van der Waals surface area (Å²) in [5.74, 6) is -1.55. The second-order valence-electron chi connectivity index (χ2n) is 26.8. The number of carboxylic acid groups (broad SMARTS) is 1. The Morgan fingerprint density at radius 2 is 1.11 bits per heavy atom. The number of nitrogens with one attached hydrogen (secondary N) is 3. The van der Waals surface area contributed by atoms with E-state index in [0.29, 0.717) is 144 Å². The summed E-state index contributed by atoms with van der Waals surface area (Å²) in [5, 5.41) is 61.5. The summed E-state index contributed by atoms with van der Waals surface area (Å²) in [5.41, 5.74) is 2.30. The van der Waals surface area contributed by atoms with Crippen molar-refractivity contribution in [1.82, 2.24) is 35.8 Å². The number of imide groups is 1. The van der Waals surface area contributed by atoms with Crippen LogP contribution < -0.4 is 25.6 Å². The number of fused-ring (bicyclic) bond motifs is 3. The summed E-state index contributed by atoms with van der Waals surface area (Å²) in [7, 11) is 7.25. The number of amides is 5. The molecule has 4 aromatic rings. The smallest absolute Gasteiger partial charge is 0.481 e. The lowest BCUT2D eigenvalue weighted by Crippen LogP contribution is -2.37. The summed E-state index contributed by atoms with van der Waals surface area (Å²) >= 11 is 1.33. The van der Waals surface area contributed by atoms with Crippen LogP contribution in [0.25, 0.3) is 33.6 Å². The summed E-state index contributed by atoms with van der Waals surface area (Å²) in [4.78, 5) is 135. The van der Waals surface area contributed by atoms with E-state index in [1.54, 1.807) is 31.4 Å². The fourth-order valence-corrected chi connectivity index (χ4v) is 11.8. The zero-order chi connectivity index (χ0) is 89.1. The van der Waals surface area contributed by atoms with Crippen LogP contribution in [0, 0.1) is 0 Å². The summed E-state index contributed by atoms with van der Waals surface area (Å²) in [6.45, 7) is 10.6. The molecule has 5 amide bonds. The number of pyridine rings is 1. The van der Waals surface area contributed by atoms with Crippen molar-refractivity contribution in [3.63, 3.8) is 0 Å². The maximum absolute atomic E-state index is 12.5. The average Bonchev–Trinajstić information content (AvgIpc) is 1.61. The molecule has 9 atom stereocenters. The summed E-state index contributed by atoms with van der Waals surface area (Å²) in [6, 6.07) is 10.6. The highest BCUT2D eigenvalue weighted by Crippen LogP contribution is 2.35. The van der Waals surface area contributed by atoms with Gasteiger partial charge in [0.25, 0.3) is 0 Å². The maximum atomic E-state index is 12.5. The Hall–Kier alpha value is -8.50. The molecule has 2 aliphatic rings. The minimum Gasteiger partial charge on any atom is -0.481 e. The number of hydrogen-bond donors (Lipinski definition) is 9. The molecule has 9 unspecified atom stereocenters. The Morgan fingerprint density at radius 1 is 0.579 bits per heavy atom. The first kappa shape index (κ1) is 107. The summed E-state index contributed by atoms with van der Waals surface area (Å²) in [6.07, 6.45) is 2.22. The van der Waals surface area contributed by atoms with Crippen LogP contribution in [-0.4, -0.2) is 325 Å². The number of carbonyl (C=O) groups is 10. The molecule has 0 saturated carbocycles. The number of unbranched alkanes of at least 4 members (excludes halogenated alkanes) is 1. The van der Waals surface area contributed by atoms with Crippen molar-refractivity contribution in [1.29, 1.82) is 0 Å². The van der Waals surface area contributed by atoms with Gasteiger partial charge < -0.3 is 127 Å². The number of carbonyl (C=O) groups excluding carboxylic acids is 9. The van der Waals surface area contributed by atoms with E-state index < -0.39 is 72.7 Å². The molecule has 0 aliphatic carbocycles. The number of furan rings is 1. The first-order valence-electron chi connectivity index (χ1n) is 40.5. The first-order chi connectivity index (χ1) is 58.4. The number of benzene rings is 1. The number of nitrogens with zero attached hydrogens (tertiary/aromatic N) is 5. The van der Waals surface area contributed by atoms with Crippen molar-refractivity contribution < 1.29 is 154 Å². The van der Waals surface area contributed by atoms with Crippen LogP contribution >= 0.6 is 11.8 Å². The molecule has 2 aliphatic heterocycles. The van der Waals surface area contributed by atoms with E-state index in [0.717, 1.165) is 5.39 Å². The maximum Gasteiger partial charge on any atom is 0.513 e. The fraction of sp³-hybridized carbons (Fsp3) is 0.688. The molecule has 0 radical (unpaired) electrons. The lowest BCUT2D eigenvalue weighted by Gasteiger charge is -2.27. The van der Waals surface area contributed by atoms with Gasteiger partial charge >= 0.3 is 30.0 Å². The van der Waals surface area contributed by atoms with E-state index in [-0.39, 0.29) is 178 Å². The largest absolute Gasteiger partial charge is 0.513 e. The number of ether oxygens (including phenoxy) is 15. The van der Waals surface area contributed by atoms with Crippen LogP contribution in [0.4, 0.5) is 10.6 Å². The van der Waals surface area contributed by atoms with Crippen LogP contribution in [0.15, 0.2) is 47.0 Å². The molecule has 3 aromatic heterocycles. The Kier molecular flexibility index (Phi) is 56.7. The van der Waals surface area contributed by atoms with E-state index in [4.69, 9.17) is 106 Å². The van der Waals surface area contributed by atoms with E-state index in [9.17, 15) is 58.2 Å². The second-order valence-corrected chi connectivity index (χ2v) is 28.1. The van der Waals surface area contributed by atoms with E-state index in [2.05, 4.69) is 25.8 Å². The van der Waals surface area contributed by atoms with Crippen molar-refractivity contribution in [2.45, 2.75) is 198 Å². The van der Waals surface area contributed by atoms with Gasteiger partial charge in [-0.15, -0.1) is 11.8 Å². The molecule has 0 bridgehead atoms. The first-order valence-corrected chi connectivity index (χ1v) is 41.6. The molecule has 5 heterocycles. The van der Waals surface area contributed by atoms with Crippen molar-refractivity contribution in [3.05, 3.63) is 42.6 Å². The Labute approximate surface area is 708 Å². The molecule has 6 rings (SSSR count). The number of aromatic nitrogens is 3. The molecule has 684 valence electrons. The average molecular weight is 1740 g/mol. The van der Waals surface area contributed by atoms with Crippen molar-refractivity contribution in [3.8, 4) is 17.1 Å². The third-order valence-corrected chi connectivity index (χ3v) is 19.1. The normalized spacial score (nSPS) is 15.2. The van der Waals surface area contributed by atoms with E-state index in [1.165, 1.54) is 45.1 Å². The van der Waals surface area contributed by atoms with Gasteiger partial charge in [0.15, 0.2) is 42.4 Å². The van der Waals surface area contributed by atoms with Crippen LogP contribution in [-0.2, 0) is 109 Å². The van der Waals surface area contributed by atoms with Crippen LogP contribution in [0.5, 0.6) is 5.75 Å². The lowest BCUT2D eigenvalue weighted by molar-refractivity contribution is -0.194. The van der Waals surface area contributed by atoms with Crippen LogP contribution in [0.1, 0.15) is 143 Å². The van der Waals surface area contributed by atoms with Crippen LogP contribution in [0.2, 0.25) is 0 Å². The molecule has 1 aromatic carbocycles. The number of methoxy groups -OCH3 is 4. The summed E-state index contributed by atoms with van der Waals surface area (Å²) < 4.78 is 84.2. The fourth-order valence-electron chi connectivity index (χ4n) is 10.8. The minimum atomic E-state index is -0.945. The highest BCUT2D eigenvalue weighted by atomic mass is 32.2. The molecule has 121 heavy (non-hydrogen) atoms. The van der Waals surface area contributed by atoms with Crippen LogP contribution in [0.3, 0.4) is 0 Å². The van der Waals surface area contributed by atoms with Crippen molar-refractivity contribution >= 4 is 99.3 Å². The standard InChI is InChI=1S/C36H45N5O11.C25H43N3O10S.C12H22O7.C7H16O4/c1-3-25(22-42)50-30(46-2)23-49-29(44)13-7-12-28(43)37-14-4-5-18-48-36(45)51-26-10-6-9-24(21-26)33-39-31-27-11-8-15-38-35(27)52-32(31)34(40-33)41-16-19-47-20-17-41;1-4-18(16-29)38-24(35-3)17-37-23(33)8-5-7-21(31)27-10-14-39-19-15-22(32)28(25(19)34)11-6-12-36-13-9-20(30)26-2;1-3-9(7-13)19-12(17-2)8-18-11(16)6-4-5-10(14)15;1-3-6(4-8)11-7(5-9)10-2/h6,8-11,15,21,25,30,42H,3-5,7,12-14,16-20,22-23H2,1-2H3,(H,37,43);18-19,24,29H,4-17H2,1-3H3,(H,26,30)(H,27,31);9,12-13H,3-8H2,1-2H3,(H,14,15);6-9H,3-5H2,1-2H3. The third-order valence-electron chi connectivity index (χ3n) is 17.9. The van der Waals surface area contributed by atoms with Gasteiger partial charge in [-0.3, -0.25) is 48.1 Å². The van der Waals surface area contributed by atoms with Gasteiger partial charge in [-0.05, 0) is 88.5 Å². The predicted molar refractivity (Wildman–Crippen MR) is 436 cm³/mol.